The van der Waals surface area contributed by atoms with E-state index in [4.69, 9.17) is 5.26 Å². The Hall–Kier alpha value is -3.53. The molecule has 0 radical (unpaired) electrons. The van der Waals surface area contributed by atoms with Gasteiger partial charge in [0.15, 0.2) is 5.69 Å². The van der Waals surface area contributed by atoms with Crippen LogP contribution < -0.4 is 5.32 Å². The van der Waals surface area contributed by atoms with Crippen molar-refractivity contribution in [3.05, 3.63) is 76.6 Å². The molecule has 5 rings (SSSR count). The molecule has 4 atom stereocenters. The average molecular weight is 412 g/mol. The molecular weight excluding hydrogens is 388 g/mol. The Labute approximate surface area is 180 Å². The number of aromatic nitrogens is 4. The van der Waals surface area contributed by atoms with Crippen LogP contribution >= 0.6 is 0 Å². The van der Waals surface area contributed by atoms with Gasteiger partial charge in [-0.3, -0.25) is 19.9 Å². The number of amides is 1. The highest BCUT2D eigenvalue weighted by molar-refractivity contribution is 5.94. The predicted octanol–water partition coefficient (Wildman–Crippen LogP) is 3.64. The molecule has 2 aliphatic rings. The highest BCUT2D eigenvalue weighted by Crippen LogP contribution is 2.66. The Morgan fingerprint density at radius 2 is 2.06 bits per heavy atom. The van der Waals surface area contributed by atoms with E-state index in [-0.39, 0.29) is 17.4 Å². The van der Waals surface area contributed by atoms with E-state index in [0.717, 1.165) is 29.1 Å². The lowest BCUT2D eigenvalue weighted by Crippen LogP contribution is -2.37. The second-order valence-corrected chi connectivity index (χ2v) is 9.49. The summed E-state index contributed by atoms with van der Waals surface area (Å²) in [6.07, 6.45) is 4.19. The van der Waals surface area contributed by atoms with Crippen molar-refractivity contribution in [2.24, 2.45) is 11.3 Å². The number of rotatable bonds is 4. The molecule has 7 heteroatoms. The molecule has 0 saturated heterocycles. The van der Waals surface area contributed by atoms with Crippen molar-refractivity contribution >= 4 is 5.91 Å². The van der Waals surface area contributed by atoms with E-state index in [9.17, 15) is 4.79 Å². The Morgan fingerprint density at radius 1 is 1.23 bits per heavy atom. The Kier molecular flexibility index (Phi) is 4.40. The number of hydrogen-bond donors (Lipinski definition) is 2. The van der Waals surface area contributed by atoms with Crippen LogP contribution in [0.1, 0.15) is 77.3 Å². The third-order valence-electron chi connectivity index (χ3n) is 6.44. The number of nitrogens with one attached hydrogen (secondary N) is 2. The van der Waals surface area contributed by atoms with Crippen LogP contribution in [0.5, 0.6) is 0 Å². The third kappa shape index (κ3) is 3.28. The van der Waals surface area contributed by atoms with Crippen LogP contribution in [-0.2, 0) is 6.42 Å². The fourth-order valence-corrected chi connectivity index (χ4v) is 4.86. The second kappa shape index (κ2) is 7.02. The quantitative estimate of drug-likeness (QED) is 0.680. The summed E-state index contributed by atoms with van der Waals surface area (Å²) in [5.41, 5.74) is 4.77. The Bertz CT molecular complexity index is 1170. The first kappa shape index (κ1) is 19.4. The van der Waals surface area contributed by atoms with Gasteiger partial charge in [-0.25, -0.2) is 0 Å². The van der Waals surface area contributed by atoms with Gasteiger partial charge in [0.25, 0.3) is 5.91 Å². The van der Waals surface area contributed by atoms with E-state index in [1.54, 1.807) is 12.4 Å². The molecule has 3 heterocycles. The standard InChI is InChI=1S/C24H24N6O/c1-24(2,3)22(17-6-4-5-9-26-17)28-23(31)21-15-10-14-18(19(14)20(15)29-30-21)16-8-7-13(11-25)12-27-16/h4-9,12,14,18-19,22H,10H2,1-3H3,(H,28,31)(H,29,30)/t14?,18?,19?,22-/m0/s1. The third-order valence-corrected chi connectivity index (χ3v) is 6.44. The number of nitriles is 1. The van der Waals surface area contributed by atoms with E-state index < -0.39 is 0 Å². The molecule has 0 spiro atoms. The van der Waals surface area contributed by atoms with Crippen molar-refractivity contribution < 1.29 is 4.79 Å². The molecule has 0 bridgehead atoms. The molecular formula is C24H24N6O. The molecule has 7 nitrogen and oxygen atoms in total. The van der Waals surface area contributed by atoms with Crippen molar-refractivity contribution in [1.82, 2.24) is 25.5 Å². The van der Waals surface area contributed by atoms with Gasteiger partial charge in [-0.2, -0.15) is 10.4 Å². The van der Waals surface area contributed by atoms with Crippen molar-refractivity contribution in [1.29, 1.82) is 5.26 Å². The molecule has 1 saturated carbocycles. The minimum absolute atomic E-state index is 0.169. The smallest absolute Gasteiger partial charge is 0.272 e. The highest BCUT2D eigenvalue weighted by Gasteiger charge is 2.59. The monoisotopic (exact) mass is 412 g/mol. The molecule has 1 fully saturated rings. The number of hydrogen-bond acceptors (Lipinski definition) is 5. The van der Waals surface area contributed by atoms with Crippen molar-refractivity contribution in [3.8, 4) is 6.07 Å². The van der Waals surface area contributed by atoms with Gasteiger partial charge in [0.05, 0.1) is 17.3 Å². The summed E-state index contributed by atoms with van der Waals surface area (Å²) in [6.45, 7) is 6.27. The van der Waals surface area contributed by atoms with Crippen molar-refractivity contribution in [3.63, 3.8) is 0 Å². The maximum atomic E-state index is 13.2. The first-order valence-corrected chi connectivity index (χ1v) is 10.5. The molecule has 0 aromatic carbocycles. The van der Waals surface area contributed by atoms with Gasteiger partial charge < -0.3 is 5.32 Å². The van der Waals surface area contributed by atoms with E-state index in [1.165, 1.54) is 0 Å². The summed E-state index contributed by atoms with van der Waals surface area (Å²) < 4.78 is 0. The van der Waals surface area contributed by atoms with Gasteiger partial charge in [-0.05, 0) is 42.0 Å². The van der Waals surface area contributed by atoms with Gasteiger partial charge in [0, 0.05) is 41.2 Å². The molecule has 3 aromatic rings. The van der Waals surface area contributed by atoms with Gasteiger partial charge >= 0.3 is 0 Å². The van der Waals surface area contributed by atoms with Crippen molar-refractivity contribution in [2.75, 3.05) is 0 Å². The van der Waals surface area contributed by atoms with Crippen LogP contribution in [0, 0.1) is 22.7 Å². The van der Waals surface area contributed by atoms with E-state index in [2.05, 4.69) is 52.3 Å². The van der Waals surface area contributed by atoms with Crippen LogP contribution in [0.3, 0.4) is 0 Å². The topological polar surface area (TPSA) is 107 Å². The van der Waals surface area contributed by atoms with Crippen LogP contribution in [0.25, 0.3) is 0 Å². The lowest BCUT2D eigenvalue weighted by Gasteiger charge is -2.30. The molecule has 2 aliphatic carbocycles. The number of nitrogens with zero attached hydrogens (tertiary/aromatic N) is 4. The number of H-pyrrole nitrogens is 1. The van der Waals surface area contributed by atoms with E-state index in [0.29, 0.717) is 29.0 Å². The molecule has 3 aromatic heterocycles. The summed E-state index contributed by atoms with van der Waals surface area (Å²) in [5.74, 6) is 0.911. The molecule has 156 valence electrons. The van der Waals surface area contributed by atoms with Crippen LogP contribution in [0.4, 0.5) is 0 Å². The molecule has 31 heavy (non-hydrogen) atoms. The Balaban J connectivity index is 1.35. The summed E-state index contributed by atoms with van der Waals surface area (Å²) in [6, 6.07) is 11.4. The van der Waals surface area contributed by atoms with Crippen LogP contribution in [-0.4, -0.2) is 26.1 Å². The number of aromatic amines is 1. The zero-order chi connectivity index (χ0) is 21.8. The highest BCUT2D eigenvalue weighted by atomic mass is 16.2. The Morgan fingerprint density at radius 3 is 2.71 bits per heavy atom. The van der Waals surface area contributed by atoms with Gasteiger partial charge in [0.2, 0.25) is 0 Å². The fourth-order valence-electron chi connectivity index (χ4n) is 4.86. The maximum Gasteiger partial charge on any atom is 0.272 e. The summed E-state index contributed by atoms with van der Waals surface area (Å²) in [7, 11) is 0. The van der Waals surface area contributed by atoms with E-state index >= 15 is 0 Å². The minimum atomic E-state index is -0.222. The van der Waals surface area contributed by atoms with Crippen LogP contribution in [0.15, 0.2) is 42.7 Å². The second-order valence-electron chi connectivity index (χ2n) is 9.49. The summed E-state index contributed by atoms with van der Waals surface area (Å²) in [4.78, 5) is 22.1. The van der Waals surface area contributed by atoms with Crippen molar-refractivity contribution in [2.45, 2.75) is 45.1 Å². The predicted molar refractivity (Wildman–Crippen MR) is 114 cm³/mol. The summed E-state index contributed by atoms with van der Waals surface area (Å²) >= 11 is 0. The first-order valence-electron chi connectivity index (χ1n) is 10.5. The van der Waals surface area contributed by atoms with E-state index in [1.807, 2.05) is 30.3 Å². The zero-order valence-corrected chi connectivity index (χ0v) is 17.8. The van der Waals surface area contributed by atoms with Gasteiger partial charge in [-0.1, -0.05) is 26.8 Å². The number of carbonyl (C=O) groups excluding carboxylic acids is 1. The SMILES string of the molecule is CC(C)(C)[C@@H](NC(=O)c1n[nH]c2c1CC1C(c3ccc(C#N)cn3)C21)c1ccccn1. The first-order chi connectivity index (χ1) is 14.9. The zero-order valence-electron chi connectivity index (χ0n) is 17.8. The van der Waals surface area contributed by atoms with Gasteiger partial charge in [-0.15, -0.1) is 0 Å². The number of pyridine rings is 2. The normalized spacial score (nSPS) is 22.2. The molecule has 2 N–H and O–H groups in total. The minimum Gasteiger partial charge on any atom is -0.342 e. The lowest BCUT2D eigenvalue weighted by molar-refractivity contribution is 0.0893. The molecule has 3 unspecified atom stereocenters. The fraction of sp³-hybridized carbons (Fsp3) is 0.375. The van der Waals surface area contributed by atoms with Crippen LogP contribution in [0.2, 0.25) is 0 Å². The average Bonchev–Trinajstić information content (AvgIpc) is 3.11. The molecule has 0 aliphatic heterocycles. The number of fused-ring (bicyclic) bond motifs is 3. The molecule has 1 amide bonds. The summed E-state index contributed by atoms with van der Waals surface area (Å²) in [5, 5.41) is 19.6. The lowest BCUT2D eigenvalue weighted by atomic mass is 9.84. The number of carbonyl (C=O) groups is 1. The maximum absolute atomic E-state index is 13.2. The van der Waals surface area contributed by atoms with Gasteiger partial charge in [0.1, 0.15) is 6.07 Å². The largest absolute Gasteiger partial charge is 0.342 e.